The highest BCUT2D eigenvalue weighted by atomic mass is 32.2. The fourth-order valence-electron chi connectivity index (χ4n) is 10.8. The zero-order chi connectivity index (χ0) is 38.8. The molecule has 0 N–H and O–H groups in total. The van der Waals surface area contributed by atoms with Crippen LogP contribution in [0.4, 0.5) is 17.1 Å². The lowest BCUT2D eigenvalue weighted by Gasteiger charge is -2.39. The minimum Gasteiger partial charge on any atom is -0.310 e. The third kappa shape index (κ3) is 3.92. The molecule has 0 unspecified atom stereocenters. The van der Waals surface area contributed by atoms with Gasteiger partial charge in [0, 0.05) is 88.0 Å². The van der Waals surface area contributed by atoms with Gasteiger partial charge >= 0.3 is 0 Å². The lowest BCUT2D eigenvalue weighted by molar-refractivity contribution is 1.01. The van der Waals surface area contributed by atoms with Gasteiger partial charge in [0.2, 0.25) is 0 Å². The second kappa shape index (κ2) is 11.5. The van der Waals surface area contributed by atoms with E-state index >= 15 is 0 Å². The van der Waals surface area contributed by atoms with E-state index in [1.165, 1.54) is 110 Å². The summed E-state index contributed by atoms with van der Waals surface area (Å²) in [5, 5.41) is 10.8. The first-order valence-electron chi connectivity index (χ1n) is 20.4. The van der Waals surface area contributed by atoms with Crippen LogP contribution < -0.4 is 4.90 Å². The highest BCUT2D eigenvalue weighted by Gasteiger charge is 2.39. The molecule has 15 rings (SSSR count). The molecule has 0 aliphatic carbocycles. The van der Waals surface area contributed by atoms with Gasteiger partial charge in [-0.2, -0.15) is 10.9 Å². The lowest BCUT2D eigenvalue weighted by atomic mass is 10.1. The molecule has 0 bridgehead atoms. The fraction of sp³-hybridized carbons (Fsp3) is 0. The van der Waals surface area contributed by atoms with E-state index in [0.29, 0.717) is 0 Å². The Kier molecular flexibility index (Phi) is 6.13. The van der Waals surface area contributed by atoms with E-state index in [4.69, 9.17) is 0 Å². The van der Waals surface area contributed by atoms with E-state index in [1.807, 2.05) is 22.7 Å². The maximum atomic E-state index is 2.65. The summed E-state index contributed by atoms with van der Waals surface area (Å²) < 4.78 is 10.7. The highest BCUT2D eigenvalue weighted by molar-refractivity contribution is 8.17. The van der Waals surface area contributed by atoms with Crippen molar-refractivity contribution in [3.63, 3.8) is 0 Å². The molecular formula is C54H31N3S3. The molecule has 0 saturated heterocycles. The first kappa shape index (κ1) is 32.1. The Morgan fingerprint density at radius 3 is 1.27 bits per heavy atom. The summed E-state index contributed by atoms with van der Waals surface area (Å²) >= 11 is 3.89. The van der Waals surface area contributed by atoms with Gasteiger partial charge in [0.1, 0.15) is 0 Å². The van der Waals surface area contributed by atoms with Crippen molar-refractivity contribution in [2.45, 2.75) is 14.7 Å². The molecule has 6 heteroatoms. The van der Waals surface area contributed by atoms with Crippen LogP contribution in [0.2, 0.25) is 0 Å². The van der Waals surface area contributed by atoms with Crippen molar-refractivity contribution in [2.75, 3.05) is 4.90 Å². The molecule has 60 heavy (non-hydrogen) atoms. The predicted molar refractivity (Wildman–Crippen MR) is 259 cm³/mol. The first-order valence-corrected chi connectivity index (χ1v) is 23.4. The monoisotopic (exact) mass is 817 g/mol. The van der Waals surface area contributed by atoms with Crippen molar-refractivity contribution >= 4 is 135 Å². The van der Waals surface area contributed by atoms with E-state index < -0.39 is 10.9 Å². The molecule has 2 aliphatic heterocycles. The van der Waals surface area contributed by atoms with Gasteiger partial charge < -0.3 is 14.0 Å². The zero-order valence-corrected chi connectivity index (χ0v) is 34.5. The van der Waals surface area contributed by atoms with Crippen LogP contribution in [0.1, 0.15) is 0 Å². The Morgan fingerprint density at radius 2 is 0.783 bits per heavy atom. The number of aromatic nitrogens is 2. The Morgan fingerprint density at radius 1 is 0.367 bits per heavy atom. The number of benzene rings is 9. The van der Waals surface area contributed by atoms with E-state index in [-0.39, 0.29) is 0 Å². The molecule has 0 saturated carbocycles. The quantitative estimate of drug-likeness (QED) is 0.175. The topological polar surface area (TPSA) is 13.1 Å². The largest absolute Gasteiger partial charge is 0.310 e. The van der Waals surface area contributed by atoms with E-state index in [2.05, 4.69) is 196 Å². The van der Waals surface area contributed by atoms with E-state index in [1.54, 1.807) is 0 Å². The highest BCUT2D eigenvalue weighted by Crippen LogP contribution is 2.68. The summed E-state index contributed by atoms with van der Waals surface area (Å²) in [5.41, 5.74) is 11.2. The minimum absolute atomic E-state index is 0.996. The molecule has 0 fully saturated rings. The number of para-hydroxylation sites is 4. The molecule has 0 radical (unpaired) electrons. The lowest BCUT2D eigenvalue weighted by Crippen LogP contribution is -2.17. The van der Waals surface area contributed by atoms with E-state index in [0.717, 1.165) is 17.1 Å². The van der Waals surface area contributed by atoms with Crippen LogP contribution in [-0.4, -0.2) is 9.13 Å². The van der Waals surface area contributed by atoms with Crippen molar-refractivity contribution in [3.05, 3.63) is 182 Å². The Labute approximate surface area is 354 Å². The molecule has 6 heterocycles. The third-order valence-electron chi connectivity index (χ3n) is 13.0. The normalized spacial score (nSPS) is 13.6. The van der Waals surface area contributed by atoms with Crippen LogP contribution in [0.25, 0.3) is 95.3 Å². The van der Waals surface area contributed by atoms with Crippen molar-refractivity contribution in [1.29, 1.82) is 0 Å². The maximum Gasteiger partial charge on any atom is 0.0673 e. The van der Waals surface area contributed by atoms with Crippen LogP contribution in [0.5, 0.6) is 0 Å². The van der Waals surface area contributed by atoms with Gasteiger partial charge in [-0.1, -0.05) is 109 Å². The summed E-state index contributed by atoms with van der Waals surface area (Å²) in [5.74, 6) is 0. The van der Waals surface area contributed by atoms with Crippen molar-refractivity contribution in [2.24, 2.45) is 0 Å². The van der Waals surface area contributed by atoms with Gasteiger partial charge in [-0.25, -0.2) is 0 Å². The number of hydrogen-bond acceptors (Lipinski definition) is 3. The molecule has 3 nitrogen and oxygen atoms in total. The van der Waals surface area contributed by atoms with Gasteiger partial charge in [-0.05, 0) is 72.8 Å². The molecule has 280 valence electrons. The molecule has 0 spiro atoms. The summed E-state index contributed by atoms with van der Waals surface area (Å²) in [6.07, 6.45) is 0. The van der Waals surface area contributed by atoms with Crippen LogP contribution in [0, 0.1) is 0 Å². The SMILES string of the molecule is c1ccc(N(c2ccccc2)c2cc3c4c(c2)-n2c5ccccc5c5c6c(cc(c52)[SH]4c2cc4sc5ccccc5c4c4c5ccccc5n-3c24)sc2ccccc26)cc1. The Hall–Kier alpha value is -6.83. The molecular weight excluding hydrogens is 787 g/mol. The van der Waals surface area contributed by atoms with Gasteiger partial charge in [0.05, 0.1) is 39.1 Å². The number of thiophene rings is 2. The fourth-order valence-corrected chi connectivity index (χ4v) is 16.2. The summed E-state index contributed by atoms with van der Waals surface area (Å²) in [4.78, 5) is 6.79. The van der Waals surface area contributed by atoms with Crippen molar-refractivity contribution < 1.29 is 0 Å². The summed E-state index contributed by atoms with van der Waals surface area (Å²) in [6, 6.07) is 68.3. The van der Waals surface area contributed by atoms with Crippen LogP contribution in [0.3, 0.4) is 0 Å². The number of nitrogens with zero attached hydrogens (tertiary/aromatic N) is 3. The van der Waals surface area contributed by atoms with Crippen molar-refractivity contribution in [3.8, 4) is 11.4 Å². The number of rotatable bonds is 3. The smallest absolute Gasteiger partial charge is 0.0673 e. The molecule has 13 aromatic rings. The second-order valence-corrected chi connectivity index (χ2v) is 20.3. The van der Waals surface area contributed by atoms with Gasteiger partial charge in [-0.3, -0.25) is 0 Å². The minimum atomic E-state index is -0.996. The van der Waals surface area contributed by atoms with Crippen molar-refractivity contribution in [1.82, 2.24) is 9.13 Å². The zero-order valence-electron chi connectivity index (χ0n) is 31.9. The van der Waals surface area contributed by atoms with E-state index in [9.17, 15) is 0 Å². The molecule has 9 aromatic carbocycles. The number of fused-ring (bicyclic) bond motifs is 18. The summed E-state index contributed by atoms with van der Waals surface area (Å²) in [7, 11) is -0.996. The van der Waals surface area contributed by atoms with Gasteiger partial charge in [0.15, 0.2) is 0 Å². The standard InChI is InChI=1S/C54H31N3S3/c1-3-15-31(16-4-1)55(32-17-5-2-6-18-32)33-27-40-54-41(28-33)57-39-24-12-8-20-35(39)51-49-37-22-10-14-26-43(37)59-45(49)30-47(53(51)57)60(54)46-29-44-48(36-21-9-13-25-42(36)58-44)50-34-19-7-11-23-38(34)56(40)52(46)50/h1-30,60H. The second-order valence-electron chi connectivity index (χ2n) is 16.1. The molecule has 0 atom stereocenters. The summed E-state index contributed by atoms with van der Waals surface area (Å²) in [6.45, 7) is 0. The maximum absolute atomic E-state index is 2.65. The number of anilines is 3. The predicted octanol–water partition coefficient (Wildman–Crippen LogP) is 16.2. The van der Waals surface area contributed by atoms with Crippen LogP contribution in [0.15, 0.2) is 197 Å². The van der Waals surface area contributed by atoms with Gasteiger partial charge in [-0.15, -0.1) is 22.7 Å². The Balaban J connectivity index is 1.20. The van der Waals surface area contributed by atoms with Crippen LogP contribution >= 0.6 is 33.6 Å². The molecule has 4 aromatic heterocycles. The average Bonchev–Trinajstić information content (AvgIpc) is 4.05. The number of thiol groups is 1. The third-order valence-corrected chi connectivity index (χ3v) is 17.8. The molecule has 0 amide bonds. The number of hydrogen-bond donors (Lipinski definition) is 1. The first-order chi connectivity index (χ1) is 29.8. The Bertz CT molecular complexity index is 3760. The molecule has 2 aliphatic rings. The van der Waals surface area contributed by atoms with Crippen LogP contribution in [-0.2, 0) is 0 Å². The van der Waals surface area contributed by atoms with Gasteiger partial charge in [0.25, 0.3) is 0 Å². The average molecular weight is 818 g/mol.